The second-order valence-electron chi connectivity index (χ2n) is 3.30. The standard InChI is InChI=1S/C13H14N2/c1-11-9-12(10-14)6-7-13(11)5-3-4-8-15-2/h6-7,9,15H,4,8H2,1-2H3. The Morgan fingerprint density at radius 3 is 2.80 bits per heavy atom. The molecule has 0 aliphatic rings. The Labute approximate surface area is 90.9 Å². The van der Waals surface area contributed by atoms with E-state index in [0.29, 0.717) is 5.56 Å². The smallest absolute Gasteiger partial charge is 0.0991 e. The van der Waals surface area contributed by atoms with E-state index in [1.807, 2.05) is 26.1 Å². The normalized spacial score (nSPS) is 8.87. The molecule has 1 rings (SSSR count). The fourth-order valence-corrected chi connectivity index (χ4v) is 1.22. The maximum absolute atomic E-state index is 8.70. The van der Waals surface area contributed by atoms with E-state index in [1.54, 1.807) is 6.07 Å². The highest BCUT2D eigenvalue weighted by atomic mass is 14.8. The minimum Gasteiger partial charge on any atom is -0.319 e. The van der Waals surface area contributed by atoms with Gasteiger partial charge in [0.05, 0.1) is 11.6 Å². The van der Waals surface area contributed by atoms with E-state index in [2.05, 4.69) is 23.2 Å². The molecule has 0 heterocycles. The molecular weight excluding hydrogens is 184 g/mol. The Morgan fingerprint density at radius 2 is 2.20 bits per heavy atom. The van der Waals surface area contributed by atoms with Gasteiger partial charge < -0.3 is 5.32 Å². The van der Waals surface area contributed by atoms with Gasteiger partial charge in [0.15, 0.2) is 0 Å². The van der Waals surface area contributed by atoms with Gasteiger partial charge in [-0.2, -0.15) is 5.26 Å². The first-order chi connectivity index (χ1) is 7.27. The summed E-state index contributed by atoms with van der Waals surface area (Å²) in [4.78, 5) is 0. The molecular formula is C13H14N2. The lowest BCUT2D eigenvalue weighted by molar-refractivity contribution is 0.818. The van der Waals surface area contributed by atoms with Crippen molar-refractivity contribution in [2.45, 2.75) is 13.3 Å². The highest BCUT2D eigenvalue weighted by molar-refractivity contribution is 5.45. The monoisotopic (exact) mass is 198 g/mol. The highest BCUT2D eigenvalue weighted by Gasteiger charge is 1.95. The molecule has 1 N–H and O–H groups in total. The molecule has 0 fully saturated rings. The molecule has 0 aromatic heterocycles. The van der Waals surface area contributed by atoms with Crippen molar-refractivity contribution >= 4 is 0 Å². The van der Waals surface area contributed by atoms with Gasteiger partial charge in [0.2, 0.25) is 0 Å². The Balaban J connectivity index is 2.77. The van der Waals surface area contributed by atoms with E-state index in [1.165, 1.54) is 0 Å². The fourth-order valence-electron chi connectivity index (χ4n) is 1.22. The zero-order valence-corrected chi connectivity index (χ0v) is 9.09. The van der Waals surface area contributed by atoms with Crippen molar-refractivity contribution in [1.82, 2.24) is 5.32 Å². The third-order valence-electron chi connectivity index (χ3n) is 2.08. The van der Waals surface area contributed by atoms with Crippen LogP contribution in [0.5, 0.6) is 0 Å². The first kappa shape index (κ1) is 11.3. The van der Waals surface area contributed by atoms with Crippen LogP contribution in [-0.2, 0) is 0 Å². The molecule has 0 aliphatic carbocycles. The summed E-state index contributed by atoms with van der Waals surface area (Å²) in [5.41, 5.74) is 2.75. The van der Waals surface area contributed by atoms with E-state index >= 15 is 0 Å². The van der Waals surface area contributed by atoms with Crippen molar-refractivity contribution in [3.63, 3.8) is 0 Å². The molecule has 0 bridgehead atoms. The Kier molecular flexibility index (Phi) is 4.41. The summed E-state index contributed by atoms with van der Waals surface area (Å²) < 4.78 is 0. The number of rotatable bonds is 2. The summed E-state index contributed by atoms with van der Waals surface area (Å²) in [5, 5.41) is 11.7. The molecule has 0 spiro atoms. The SMILES string of the molecule is CNCCC#Cc1ccc(C#N)cc1C. The van der Waals surface area contributed by atoms with Gasteiger partial charge in [-0.15, -0.1) is 0 Å². The summed E-state index contributed by atoms with van der Waals surface area (Å²) >= 11 is 0. The topological polar surface area (TPSA) is 35.8 Å². The van der Waals surface area contributed by atoms with Crippen LogP contribution in [0.2, 0.25) is 0 Å². The lowest BCUT2D eigenvalue weighted by Gasteiger charge is -1.97. The second kappa shape index (κ2) is 5.86. The Morgan fingerprint density at radius 1 is 1.40 bits per heavy atom. The Hall–Kier alpha value is -1.77. The molecule has 15 heavy (non-hydrogen) atoms. The van der Waals surface area contributed by atoms with Crippen LogP contribution in [0.3, 0.4) is 0 Å². The molecule has 0 unspecified atom stereocenters. The predicted molar refractivity (Wildman–Crippen MR) is 61.3 cm³/mol. The minimum absolute atomic E-state index is 0.688. The van der Waals surface area contributed by atoms with Gasteiger partial charge in [-0.1, -0.05) is 11.8 Å². The van der Waals surface area contributed by atoms with Crippen LogP contribution in [0.25, 0.3) is 0 Å². The van der Waals surface area contributed by atoms with Crippen molar-refractivity contribution in [1.29, 1.82) is 5.26 Å². The van der Waals surface area contributed by atoms with Crippen LogP contribution in [0, 0.1) is 30.1 Å². The lowest BCUT2D eigenvalue weighted by atomic mass is 10.1. The van der Waals surface area contributed by atoms with Gasteiger partial charge in [0.1, 0.15) is 0 Å². The highest BCUT2D eigenvalue weighted by Crippen LogP contribution is 2.08. The summed E-state index contributed by atoms with van der Waals surface area (Å²) in [5.74, 6) is 6.19. The minimum atomic E-state index is 0.688. The number of benzene rings is 1. The van der Waals surface area contributed by atoms with Crippen molar-refractivity contribution in [3.05, 3.63) is 34.9 Å². The average Bonchev–Trinajstić information content (AvgIpc) is 2.26. The van der Waals surface area contributed by atoms with E-state index < -0.39 is 0 Å². The van der Waals surface area contributed by atoms with Crippen LogP contribution in [-0.4, -0.2) is 13.6 Å². The maximum atomic E-state index is 8.70. The zero-order valence-electron chi connectivity index (χ0n) is 9.09. The molecule has 2 heteroatoms. The fraction of sp³-hybridized carbons (Fsp3) is 0.308. The van der Waals surface area contributed by atoms with Gasteiger partial charge in [0, 0.05) is 18.5 Å². The number of hydrogen-bond acceptors (Lipinski definition) is 2. The van der Waals surface area contributed by atoms with E-state index in [-0.39, 0.29) is 0 Å². The third kappa shape index (κ3) is 3.46. The molecule has 1 aromatic rings. The van der Waals surface area contributed by atoms with Gasteiger partial charge >= 0.3 is 0 Å². The van der Waals surface area contributed by atoms with Gasteiger partial charge in [-0.05, 0) is 37.7 Å². The molecule has 2 nitrogen and oxygen atoms in total. The van der Waals surface area contributed by atoms with Gasteiger partial charge in [-0.3, -0.25) is 0 Å². The molecule has 1 aromatic carbocycles. The van der Waals surface area contributed by atoms with E-state index in [0.717, 1.165) is 24.1 Å². The third-order valence-corrected chi connectivity index (χ3v) is 2.08. The van der Waals surface area contributed by atoms with Crippen LogP contribution in [0.4, 0.5) is 0 Å². The number of nitrogens with zero attached hydrogens (tertiary/aromatic N) is 1. The number of nitriles is 1. The van der Waals surface area contributed by atoms with Crippen molar-refractivity contribution in [3.8, 4) is 17.9 Å². The first-order valence-electron chi connectivity index (χ1n) is 4.92. The van der Waals surface area contributed by atoms with E-state index in [9.17, 15) is 0 Å². The maximum Gasteiger partial charge on any atom is 0.0991 e. The van der Waals surface area contributed by atoms with Crippen LogP contribution in [0.1, 0.15) is 23.1 Å². The molecule has 0 radical (unpaired) electrons. The van der Waals surface area contributed by atoms with Gasteiger partial charge in [-0.25, -0.2) is 0 Å². The zero-order chi connectivity index (χ0) is 11.1. The van der Waals surface area contributed by atoms with Crippen molar-refractivity contribution < 1.29 is 0 Å². The largest absolute Gasteiger partial charge is 0.319 e. The number of aryl methyl sites for hydroxylation is 1. The predicted octanol–water partition coefficient (Wildman–Crippen LogP) is 1.83. The first-order valence-corrected chi connectivity index (χ1v) is 4.92. The summed E-state index contributed by atoms with van der Waals surface area (Å²) in [6.45, 7) is 2.88. The summed E-state index contributed by atoms with van der Waals surface area (Å²) in [7, 11) is 1.91. The Bertz CT molecular complexity index is 430. The quantitative estimate of drug-likeness (QED) is 0.581. The van der Waals surface area contributed by atoms with Crippen LogP contribution >= 0.6 is 0 Å². The average molecular weight is 198 g/mol. The molecule has 0 atom stereocenters. The summed E-state index contributed by atoms with van der Waals surface area (Å²) in [6.07, 6.45) is 0.843. The molecule has 0 amide bonds. The van der Waals surface area contributed by atoms with Crippen LogP contribution < -0.4 is 5.32 Å². The molecule has 76 valence electrons. The number of hydrogen-bond donors (Lipinski definition) is 1. The lowest BCUT2D eigenvalue weighted by Crippen LogP contribution is -2.05. The molecule has 0 saturated heterocycles. The number of nitrogens with one attached hydrogen (secondary N) is 1. The molecule has 0 saturated carbocycles. The van der Waals surface area contributed by atoms with Gasteiger partial charge in [0.25, 0.3) is 0 Å². The van der Waals surface area contributed by atoms with Crippen LogP contribution in [0.15, 0.2) is 18.2 Å². The van der Waals surface area contributed by atoms with E-state index in [4.69, 9.17) is 5.26 Å². The summed E-state index contributed by atoms with van der Waals surface area (Å²) in [6, 6.07) is 7.68. The second-order valence-corrected chi connectivity index (χ2v) is 3.30. The van der Waals surface area contributed by atoms with Crippen molar-refractivity contribution in [2.24, 2.45) is 0 Å². The van der Waals surface area contributed by atoms with Crippen molar-refractivity contribution in [2.75, 3.05) is 13.6 Å². The molecule has 0 aliphatic heterocycles.